The van der Waals surface area contributed by atoms with E-state index in [0.717, 1.165) is 26.1 Å². The van der Waals surface area contributed by atoms with Crippen molar-refractivity contribution in [3.63, 3.8) is 0 Å². The fraction of sp³-hybridized carbons (Fsp3) is 0.647. The molecule has 0 bridgehead atoms. The van der Waals surface area contributed by atoms with Crippen LogP contribution in [0.3, 0.4) is 0 Å². The molecule has 0 amide bonds. The van der Waals surface area contributed by atoms with E-state index < -0.39 is 0 Å². The van der Waals surface area contributed by atoms with Crippen molar-refractivity contribution < 1.29 is 4.74 Å². The highest BCUT2D eigenvalue weighted by atomic mass is 16.5. The summed E-state index contributed by atoms with van der Waals surface area (Å²) in [7, 11) is 0. The second-order valence-corrected chi connectivity index (χ2v) is 7.10. The van der Waals surface area contributed by atoms with Crippen molar-refractivity contribution in [3.8, 4) is 0 Å². The highest BCUT2D eigenvalue weighted by Crippen LogP contribution is 2.39. The third kappa shape index (κ3) is 2.56. The predicted octanol–water partition coefficient (Wildman–Crippen LogP) is 2.96. The Morgan fingerprint density at radius 1 is 1.21 bits per heavy atom. The van der Waals surface area contributed by atoms with E-state index in [2.05, 4.69) is 32.0 Å². The van der Waals surface area contributed by atoms with Crippen LogP contribution in [0.25, 0.3) is 0 Å². The van der Waals surface area contributed by atoms with Crippen LogP contribution < -0.4 is 5.73 Å². The summed E-state index contributed by atoms with van der Waals surface area (Å²) in [6, 6.07) is 7.11. The fourth-order valence-electron chi connectivity index (χ4n) is 3.27. The summed E-state index contributed by atoms with van der Waals surface area (Å²) in [5, 5.41) is 0. The van der Waals surface area contributed by atoms with Gasteiger partial charge in [-0.25, -0.2) is 0 Å². The third-order valence-corrected chi connectivity index (χ3v) is 4.72. The molecule has 0 unspecified atom stereocenters. The molecule has 2 heteroatoms. The van der Waals surface area contributed by atoms with E-state index in [4.69, 9.17) is 10.5 Å². The number of hydrogen-bond donors (Lipinski definition) is 1. The minimum Gasteiger partial charge on any atom is -0.379 e. The second kappa shape index (κ2) is 4.60. The van der Waals surface area contributed by atoms with Crippen molar-refractivity contribution >= 4 is 0 Å². The zero-order valence-corrected chi connectivity index (χ0v) is 12.2. The summed E-state index contributed by atoms with van der Waals surface area (Å²) in [5.74, 6) is 0. The molecule has 19 heavy (non-hydrogen) atoms. The lowest BCUT2D eigenvalue weighted by molar-refractivity contribution is -0.0669. The fourth-order valence-corrected chi connectivity index (χ4v) is 3.27. The lowest BCUT2D eigenvalue weighted by Gasteiger charge is -2.43. The van der Waals surface area contributed by atoms with Crippen molar-refractivity contribution in [2.75, 3.05) is 13.2 Å². The van der Waals surface area contributed by atoms with Gasteiger partial charge in [0.05, 0.1) is 13.2 Å². The standard InChI is InChI=1S/C17H25NO/c1-16(2,18)8-9-17(11-19-12-17)15-7-6-13-4-3-5-14(13)10-15/h6-7,10H,3-5,8-9,11-12,18H2,1-2H3. The SMILES string of the molecule is CC(C)(N)CCC1(c2ccc3c(c2)CCC3)COC1. The van der Waals surface area contributed by atoms with E-state index in [9.17, 15) is 0 Å². The van der Waals surface area contributed by atoms with Crippen LogP contribution in [-0.4, -0.2) is 18.8 Å². The molecule has 0 saturated carbocycles. The molecule has 104 valence electrons. The topological polar surface area (TPSA) is 35.2 Å². The van der Waals surface area contributed by atoms with Crippen LogP contribution in [-0.2, 0) is 23.0 Å². The Balaban J connectivity index is 1.81. The van der Waals surface area contributed by atoms with Gasteiger partial charge in [-0.1, -0.05) is 18.2 Å². The summed E-state index contributed by atoms with van der Waals surface area (Å²) < 4.78 is 5.54. The summed E-state index contributed by atoms with van der Waals surface area (Å²) in [6.07, 6.45) is 6.01. The van der Waals surface area contributed by atoms with E-state index >= 15 is 0 Å². The van der Waals surface area contributed by atoms with Crippen LogP contribution in [0.4, 0.5) is 0 Å². The van der Waals surface area contributed by atoms with Gasteiger partial charge < -0.3 is 10.5 Å². The van der Waals surface area contributed by atoms with Gasteiger partial charge in [-0.05, 0) is 62.6 Å². The maximum atomic E-state index is 6.15. The molecule has 2 aliphatic rings. The highest BCUT2D eigenvalue weighted by molar-refractivity contribution is 5.39. The third-order valence-electron chi connectivity index (χ3n) is 4.72. The number of hydrogen-bond acceptors (Lipinski definition) is 2. The normalized spacial score (nSPS) is 21.0. The molecule has 2 N–H and O–H groups in total. The molecular formula is C17H25NO. The lowest BCUT2D eigenvalue weighted by atomic mass is 9.72. The maximum absolute atomic E-state index is 6.15. The monoisotopic (exact) mass is 259 g/mol. The number of ether oxygens (including phenoxy) is 1. The van der Waals surface area contributed by atoms with Gasteiger partial charge in [0, 0.05) is 11.0 Å². The molecule has 0 spiro atoms. The number of fused-ring (bicyclic) bond motifs is 1. The lowest BCUT2D eigenvalue weighted by Crippen LogP contribution is -2.48. The maximum Gasteiger partial charge on any atom is 0.0585 e. The number of benzene rings is 1. The van der Waals surface area contributed by atoms with Crippen molar-refractivity contribution in [1.82, 2.24) is 0 Å². The van der Waals surface area contributed by atoms with Gasteiger partial charge in [0.25, 0.3) is 0 Å². The van der Waals surface area contributed by atoms with Gasteiger partial charge in [-0.2, -0.15) is 0 Å². The van der Waals surface area contributed by atoms with Crippen LogP contribution in [0.15, 0.2) is 18.2 Å². The molecule has 1 aliphatic carbocycles. The molecule has 0 aromatic heterocycles. The summed E-state index contributed by atoms with van der Waals surface area (Å²) >= 11 is 0. The quantitative estimate of drug-likeness (QED) is 0.902. The van der Waals surface area contributed by atoms with E-state index in [1.54, 1.807) is 11.1 Å². The Morgan fingerprint density at radius 3 is 2.58 bits per heavy atom. The molecular weight excluding hydrogens is 234 g/mol. The van der Waals surface area contributed by atoms with Gasteiger partial charge in [-0.3, -0.25) is 0 Å². The molecule has 0 radical (unpaired) electrons. The second-order valence-electron chi connectivity index (χ2n) is 7.10. The van der Waals surface area contributed by atoms with Crippen molar-refractivity contribution in [2.24, 2.45) is 5.73 Å². The van der Waals surface area contributed by atoms with Crippen LogP contribution in [0.5, 0.6) is 0 Å². The smallest absolute Gasteiger partial charge is 0.0585 e. The van der Waals surface area contributed by atoms with Crippen molar-refractivity contribution in [1.29, 1.82) is 0 Å². The molecule has 1 fully saturated rings. The molecule has 0 atom stereocenters. The molecule has 3 rings (SSSR count). The molecule has 1 aromatic rings. The van der Waals surface area contributed by atoms with Crippen molar-refractivity contribution in [3.05, 3.63) is 34.9 Å². The van der Waals surface area contributed by atoms with E-state index in [-0.39, 0.29) is 11.0 Å². The van der Waals surface area contributed by atoms with Gasteiger partial charge in [0.15, 0.2) is 0 Å². The zero-order valence-electron chi connectivity index (χ0n) is 12.2. The first-order valence-corrected chi connectivity index (χ1v) is 7.48. The number of nitrogens with two attached hydrogens (primary N) is 1. The summed E-state index contributed by atoms with van der Waals surface area (Å²) in [6.45, 7) is 5.95. The first kappa shape index (κ1) is 13.1. The molecule has 1 saturated heterocycles. The minimum absolute atomic E-state index is 0.0840. The minimum atomic E-state index is -0.0840. The van der Waals surface area contributed by atoms with Crippen LogP contribution in [0.2, 0.25) is 0 Å². The van der Waals surface area contributed by atoms with Crippen LogP contribution in [0.1, 0.15) is 49.8 Å². The van der Waals surface area contributed by atoms with Gasteiger partial charge in [0.1, 0.15) is 0 Å². The Kier molecular flexibility index (Phi) is 3.18. The van der Waals surface area contributed by atoms with E-state index in [1.165, 1.54) is 24.8 Å². The average molecular weight is 259 g/mol. The first-order valence-electron chi connectivity index (χ1n) is 7.48. The number of aryl methyl sites for hydroxylation is 2. The molecule has 1 heterocycles. The number of rotatable bonds is 4. The Morgan fingerprint density at radius 2 is 1.95 bits per heavy atom. The van der Waals surface area contributed by atoms with Crippen LogP contribution >= 0.6 is 0 Å². The van der Waals surface area contributed by atoms with Gasteiger partial charge >= 0.3 is 0 Å². The Bertz CT molecular complexity index is 469. The Hall–Kier alpha value is -0.860. The largest absolute Gasteiger partial charge is 0.379 e. The average Bonchev–Trinajstić information content (AvgIpc) is 2.73. The van der Waals surface area contributed by atoms with Crippen molar-refractivity contribution in [2.45, 2.75) is 56.9 Å². The highest BCUT2D eigenvalue weighted by Gasteiger charge is 2.41. The van der Waals surface area contributed by atoms with Gasteiger partial charge in [0.2, 0.25) is 0 Å². The van der Waals surface area contributed by atoms with E-state index in [0.29, 0.717) is 0 Å². The summed E-state index contributed by atoms with van der Waals surface area (Å²) in [5.41, 5.74) is 10.9. The zero-order chi connectivity index (χ0) is 13.5. The Labute approximate surface area is 116 Å². The first-order chi connectivity index (χ1) is 8.99. The van der Waals surface area contributed by atoms with Crippen LogP contribution in [0, 0.1) is 0 Å². The molecule has 1 aromatic carbocycles. The van der Waals surface area contributed by atoms with Gasteiger partial charge in [-0.15, -0.1) is 0 Å². The molecule has 2 nitrogen and oxygen atoms in total. The molecule has 1 aliphatic heterocycles. The van der Waals surface area contributed by atoms with E-state index in [1.807, 2.05) is 0 Å². The summed E-state index contributed by atoms with van der Waals surface area (Å²) in [4.78, 5) is 0. The predicted molar refractivity (Wildman–Crippen MR) is 78.5 cm³/mol.